The van der Waals surface area contributed by atoms with E-state index in [4.69, 9.17) is 5.11 Å². The fraction of sp³-hybridized carbons (Fsp3) is 0.318. The van der Waals surface area contributed by atoms with Gasteiger partial charge in [0.1, 0.15) is 5.82 Å². The van der Waals surface area contributed by atoms with E-state index in [0.29, 0.717) is 17.1 Å². The molecule has 4 rings (SSSR count). The number of aromatic nitrogens is 1. The summed E-state index contributed by atoms with van der Waals surface area (Å²) in [6, 6.07) is 4.87. The van der Waals surface area contributed by atoms with Crippen LogP contribution < -0.4 is 16.2 Å². The molecule has 2 aromatic rings. The minimum absolute atomic E-state index is 0.150. The highest BCUT2D eigenvalue weighted by Crippen LogP contribution is 2.46. The van der Waals surface area contributed by atoms with Crippen molar-refractivity contribution in [1.29, 1.82) is 0 Å². The highest BCUT2D eigenvalue weighted by atomic mass is 32.1. The van der Waals surface area contributed by atoms with E-state index in [1.54, 1.807) is 18.3 Å². The van der Waals surface area contributed by atoms with Gasteiger partial charge in [0, 0.05) is 16.6 Å². The van der Waals surface area contributed by atoms with Crippen LogP contribution in [0.2, 0.25) is 0 Å². The molecule has 33 heavy (non-hydrogen) atoms. The fourth-order valence-electron chi connectivity index (χ4n) is 4.19. The molecule has 0 bridgehead atoms. The Morgan fingerprint density at radius 1 is 1.30 bits per heavy atom. The zero-order valence-electron chi connectivity index (χ0n) is 17.5. The van der Waals surface area contributed by atoms with E-state index in [1.807, 2.05) is 19.1 Å². The van der Waals surface area contributed by atoms with Gasteiger partial charge in [0.05, 0.1) is 24.0 Å². The number of hydrogen-bond donors (Lipinski definition) is 4. The molecule has 0 saturated heterocycles. The maximum Gasteiger partial charge on any atom is 0.390 e. The van der Waals surface area contributed by atoms with Crippen molar-refractivity contribution in [1.82, 2.24) is 15.8 Å². The highest BCUT2D eigenvalue weighted by Gasteiger charge is 2.50. The molecule has 0 saturated carbocycles. The van der Waals surface area contributed by atoms with Crippen LogP contribution in [0.3, 0.4) is 0 Å². The van der Waals surface area contributed by atoms with Crippen LogP contribution in [0.5, 0.6) is 0 Å². The minimum Gasteiger partial charge on any atom is -0.481 e. The van der Waals surface area contributed by atoms with Gasteiger partial charge < -0.3 is 10.4 Å². The van der Waals surface area contributed by atoms with Crippen LogP contribution in [0.1, 0.15) is 45.6 Å². The molecule has 1 aliphatic heterocycles. The zero-order chi connectivity index (χ0) is 23.8. The number of alkyl halides is 3. The van der Waals surface area contributed by atoms with Crippen molar-refractivity contribution < 1.29 is 27.9 Å². The summed E-state index contributed by atoms with van der Waals surface area (Å²) in [5.41, 5.74) is 6.31. The molecule has 7 nitrogen and oxygen atoms in total. The molecule has 1 aromatic carbocycles. The van der Waals surface area contributed by atoms with Gasteiger partial charge in [-0.05, 0) is 49.1 Å². The largest absolute Gasteiger partial charge is 0.481 e. The van der Waals surface area contributed by atoms with Crippen LogP contribution in [-0.4, -0.2) is 28.0 Å². The minimum atomic E-state index is -4.64. The number of hydrazine groups is 1. The number of thiazole rings is 1. The van der Waals surface area contributed by atoms with Gasteiger partial charge in [-0.25, -0.2) is 4.98 Å². The van der Waals surface area contributed by atoms with Gasteiger partial charge in [0.25, 0.3) is 0 Å². The van der Waals surface area contributed by atoms with E-state index in [2.05, 4.69) is 21.2 Å². The van der Waals surface area contributed by atoms with Crippen molar-refractivity contribution in [2.45, 2.75) is 38.8 Å². The Morgan fingerprint density at radius 3 is 2.70 bits per heavy atom. The number of aryl methyl sites for hydroxylation is 2. The van der Waals surface area contributed by atoms with Crippen molar-refractivity contribution in [3.05, 3.63) is 63.9 Å². The molecule has 0 amide bonds. The third kappa shape index (κ3) is 5.03. The highest BCUT2D eigenvalue weighted by molar-refractivity contribution is 7.15. The number of Topliss-reactive ketones (excluding diaryl/α,β-unsaturated/α-hetero) is 1. The Hall–Kier alpha value is -3.34. The number of carbonyl (C=O) groups is 2. The first-order valence-corrected chi connectivity index (χ1v) is 11.0. The second-order valence-corrected chi connectivity index (χ2v) is 9.39. The molecule has 1 aliphatic carbocycles. The molecular formula is C22H21F3N4O3S. The Balaban J connectivity index is 1.56. The molecule has 1 unspecified atom stereocenters. The SMILES string of the molecule is Cc1cnc(NC2=CC=C(c3ccc4c(c3)CCC(CC(=O)O)(CC(F)(F)F)C4=O)NN2)s1. The number of hydrogen-bond acceptors (Lipinski definition) is 7. The number of anilines is 1. The van der Waals surface area contributed by atoms with Crippen LogP contribution in [0, 0.1) is 12.3 Å². The lowest BCUT2D eigenvalue weighted by atomic mass is 9.66. The Labute approximate surface area is 191 Å². The molecule has 2 aliphatic rings. The molecule has 0 fully saturated rings. The molecule has 11 heteroatoms. The van der Waals surface area contributed by atoms with E-state index in [0.717, 1.165) is 15.6 Å². The van der Waals surface area contributed by atoms with Gasteiger partial charge >= 0.3 is 12.1 Å². The molecule has 174 valence electrons. The van der Waals surface area contributed by atoms with E-state index in [1.165, 1.54) is 17.4 Å². The summed E-state index contributed by atoms with van der Waals surface area (Å²) in [6.45, 7) is 1.96. The molecular weight excluding hydrogens is 457 g/mol. The molecule has 0 spiro atoms. The van der Waals surface area contributed by atoms with E-state index in [-0.39, 0.29) is 18.4 Å². The molecule has 0 radical (unpaired) electrons. The lowest BCUT2D eigenvalue weighted by Gasteiger charge is -2.36. The average molecular weight is 478 g/mol. The van der Waals surface area contributed by atoms with Crippen LogP contribution in [0.25, 0.3) is 5.70 Å². The number of allylic oxidation sites excluding steroid dienone is 2. The molecule has 4 N–H and O–H groups in total. The predicted octanol–water partition coefficient (Wildman–Crippen LogP) is 4.40. The maximum atomic E-state index is 13.2. The van der Waals surface area contributed by atoms with Crippen LogP contribution in [0.15, 0.2) is 42.4 Å². The summed E-state index contributed by atoms with van der Waals surface area (Å²) in [5.74, 6) is -1.49. The number of carbonyl (C=O) groups excluding carboxylic acids is 1. The fourth-order valence-corrected chi connectivity index (χ4v) is 4.87. The topological polar surface area (TPSA) is 103 Å². The van der Waals surface area contributed by atoms with E-state index >= 15 is 0 Å². The number of nitrogens with zero attached hydrogens (tertiary/aromatic N) is 1. The summed E-state index contributed by atoms with van der Waals surface area (Å²) < 4.78 is 39.5. The first kappa shape index (κ1) is 22.8. The Morgan fingerprint density at radius 2 is 2.09 bits per heavy atom. The number of ketones is 1. The lowest BCUT2D eigenvalue weighted by molar-refractivity contribution is -0.160. The summed E-state index contributed by atoms with van der Waals surface area (Å²) >= 11 is 1.51. The number of nitrogens with one attached hydrogen (secondary N) is 3. The Bertz CT molecular complexity index is 1170. The first-order chi connectivity index (χ1) is 15.5. The smallest absolute Gasteiger partial charge is 0.390 e. The Kier molecular flexibility index (Phi) is 5.91. The lowest BCUT2D eigenvalue weighted by Crippen LogP contribution is -2.41. The van der Waals surface area contributed by atoms with Gasteiger partial charge in [-0.3, -0.25) is 20.4 Å². The number of fused-ring (bicyclic) bond motifs is 1. The monoisotopic (exact) mass is 478 g/mol. The standard InChI is InChI=1S/C22H21F3N4O3S/c1-12-10-26-20(33-12)27-17-5-4-16(28-29-17)14-2-3-15-13(8-14)6-7-21(19(15)32,9-18(30)31)11-22(23,24)25/h2-5,8,10,28-29H,6-7,9,11H2,1H3,(H,26,27)(H,30,31). The van der Waals surface area contributed by atoms with E-state index in [9.17, 15) is 22.8 Å². The van der Waals surface area contributed by atoms with Crippen molar-refractivity contribution in [3.63, 3.8) is 0 Å². The number of carboxylic acids is 1. The summed E-state index contributed by atoms with van der Waals surface area (Å²) in [5, 5.41) is 13.0. The second kappa shape index (κ2) is 8.54. The third-order valence-corrected chi connectivity index (χ3v) is 6.48. The molecule has 1 atom stereocenters. The van der Waals surface area contributed by atoms with Crippen molar-refractivity contribution >= 4 is 33.9 Å². The second-order valence-electron chi connectivity index (χ2n) is 8.16. The number of aliphatic carboxylic acids is 1. The molecule has 2 heterocycles. The predicted molar refractivity (Wildman–Crippen MR) is 117 cm³/mol. The van der Waals surface area contributed by atoms with Crippen LogP contribution in [-0.2, 0) is 11.2 Å². The normalized spacial score (nSPS) is 20.2. The van der Waals surface area contributed by atoms with Crippen LogP contribution in [0.4, 0.5) is 18.3 Å². The summed E-state index contributed by atoms with van der Waals surface area (Å²) in [4.78, 5) is 29.6. The average Bonchev–Trinajstić information content (AvgIpc) is 3.14. The van der Waals surface area contributed by atoms with Gasteiger partial charge in [0.15, 0.2) is 10.9 Å². The van der Waals surface area contributed by atoms with Gasteiger partial charge in [-0.15, -0.1) is 11.3 Å². The number of carboxylic acid groups (broad SMARTS) is 1. The van der Waals surface area contributed by atoms with Crippen molar-refractivity contribution in [2.75, 3.05) is 5.32 Å². The third-order valence-electron chi connectivity index (χ3n) is 5.66. The summed E-state index contributed by atoms with van der Waals surface area (Å²) in [6.07, 6.45) is -1.51. The van der Waals surface area contributed by atoms with Gasteiger partial charge in [-0.2, -0.15) is 13.2 Å². The van der Waals surface area contributed by atoms with Crippen molar-refractivity contribution in [2.24, 2.45) is 5.41 Å². The molecule has 1 aromatic heterocycles. The van der Waals surface area contributed by atoms with Gasteiger partial charge in [-0.1, -0.05) is 12.1 Å². The van der Waals surface area contributed by atoms with Crippen molar-refractivity contribution in [3.8, 4) is 0 Å². The zero-order valence-corrected chi connectivity index (χ0v) is 18.4. The van der Waals surface area contributed by atoms with E-state index < -0.39 is 36.2 Å². The maximum absolute atomic E-state index is 13.2. The number of benzene rings is 1. The quantitative estimate of drug-likeness (QED) is 0.488. The van der Waals surface area contributed by atoms with Gasteiger partial charge in [0.2, 0.25) is 0 Å². The van der Waals surface area contributed by atoms with Crippen LogP contribution >= 0.6 is 11.3 Å². The first-order valence-electron chi connectivity index (χ1n) is 10.1. The number of rotatable bonds is 6. The number of halogens is 3. The summed E-state index contributed by atoms with van der Waals surface area (Å²) in [7, 11) is 0.